The highest BCUT2D eigenvalue weighted by molar-refractivity contribution is 5.29. The van der Waals surface area contributed by atoms with Crippen molar-refractivity contribution in [3.05, 3.63) is 34.9 Å². The lowest BCUT2D eigenvalue weighted by Crippen LogP contribution is -1.84. The molecule has 0 spiro atoms. The second kappa shape index (κ2) is 11.3. The Kier molecular flexibility index (Phi) is 12.5. The molecule has 0 unspecified atom stereocenters. The first-order valence-electron chi connectivity index (χ1n) is 6.21. The van der Waals surface area contributed by atoms with Crippen molar-refractivity contribution in [1.29, 1.82) is 0 Å². The third-order valence-corrected chi connectivity index (χ3v) is 1.98. The fourth-order valence-electron chi connectivity index (χ4n) is 1.02. The molecule has 0 fully saturated rings. The molecule has 0 radical (unpaired) electrons. The van der Waals surface area contributed by atoms with Crippen molar-refractivity contribution in [3.63, 3.8) is 0 Å². The van der Waals surface area contributed by atoms with Crippen molar-refractivity contribution < 1.29 is 0 Å². The van der Waals surface area contributed by atoms with Crippen molar-refractivity contribution in [2.45, 2.75) is 61.3 Å². The van der Waals surface area contributed by atoms with E-state index in [2.05, 4.69) is 52.8 Å². The zero-order valence-electron chi connectivity index (χ0n) is 11.6. The van der Waals surface area contributed by atoms with Gasteiger partial charge in [-0.1, -0.05) is 59.2 Å². The number of aryl methyl sites for hydroxylation is 3. The van der Waals surface area contributed by atoms with Crippen LogP contribution in [0.15, 0.2) is 18.2 Å². The first-order chi connectivity index (χ1) is 7.15. The highest BCUT2D eigenvalue weighted by Crippen LogP contribution is 2.09. The quantitative estimate of drug-likeness (QED) is 0.587. The van der Waals surface area contributed by atoms with Crippen LogP contribution in [0.3, 0.4) is 0 Å². The monoisotopic (exact) mass is 208 g/mol. The molecule has 15 heavy (non-hydrogen) atoms. The average molecular weight is 208 g/mol. The van der Waals surface area contributed by atoms with E-state index >= 15 is 0 Å². The van der Waals surface area contributed by atoms with E-state index in [1.165, 1.54) is 23.1 Å². The minimum Gasteiger partial charge on any atom is -0.0683 e. The van der Waals surface area contributed by atoms with Gasteiger partial charge >= 0.3 is 0 Å². The predicted molar refractivity (Wildman–Crippen MR) is 72.6 cm³/mol. The third kappa shape index (κ3) is 8.23. The largest absolute Gasteiger partial charge is 0.0683 e. The minimum absolute atomic E-state index is 1.14. The first kappa shape index (κ1) is 16.6. The minimum atomic E-state index is 1.14. The van der Waals surface area contributed by atoms with Gasteiger partial charge in [0.25, 0.3) is 0 Å². The number of rotatable bonds is 1. The lowest BCUT2D eigenvalue weighted by atomic mass is 10.1. The molecule has 0 saturated heterocycles. The number of benzene rings is 1. The molecular formula is C15H28. The molecule has 0 aromatic heterocycles. The molecule has 0 amide bonds. The summed E-state index contributed by atoms with van der Waals surface area (Å²) in [6, 6.07) is 6.64. The standard InChI is InChI=1S/C10H14.C3H8.C2H6/c1-4-10-6-5-8(2)9(3)7-10;1-3-2;1-2/h5-7H,4H2,1-3H3;3H2,1-2H3;1-2H3. The molecule has 1 aromatic carbocycles. The van der Waals surface area contributed by atoms with Crippen LogP contribution < -0.4 is 0 Å². The third-order valence-electron chi connectivity index (χ3n) is 1.98. The molecular weight excluding hydrogens is 180 g/mol. The van der Waals surface area contributed by atoms with Gasteiger partial charge in [-0.15, -0.1) is 0 Å². The highest BCUT2D eigenvalue weighted by Gasteiger charge is 1.92. The van der Waals surface area contributed by atoms with Gasteiger partial charge in [-0.25, -0.2) is 0 Å². The maximum absolute atomic E-state index is 2.26. The Balaban J connectivity index is 0. The normalized spacial score (nSPS) is 8.20. The molecule has 0 heteroatoms. The molecule has 0 heterocycles. The summed E-state index contributed by atoms with van der Waals surface area (Å²) in [5.41, 5.74) is 4.22. The molecule has 0 N–H and O–H groups in total. The summed E-state index contributed by atoms with van der Waals surface area (Å²) in [6.07, 6.45) is 2.39. The molecule has 0 bridgehead atoms. The van der Waals surface area contributed by atoms with Crippen LogP contribution in [0, 0.1) is 13.8 Å². The summed E-state index contributed by atoms with van der Waals surface area (Å²) in [5.74, 6) is 0. The Hall–Kier alpha value is -0.780. The van der Waals surface area contributed by atoms with Gasteiger partial charge in [-0.05, 0) is 37.0 Å². The Morgan fingerprint density at radius 3 is 1.67 bits per heavy atom. The van der Waals surface area contributed by atoms with Crippen molar-refractivity contribution in [2.24, 2.45) is 0 Å². The van der Waals surface area contributed by atoms with Gasteiger partial charge in [0.2, 0.25) is 0 Å². The second-order valence-corrected chi connectivity index (χ2v) is 3.48. The lowest BCUT2D eigenvalue weighted by molar-refractivity contribution is 1.09. The van der Waals surface area contributed by atoms with Crippen LogP contribution in [-0.2, 0) is 6.42 Å². The fraction of sp³-hybridized carbons (Fsp3) is 0.600. The van der Waals surface area contributed by atoms with Crippen LogP contribution >= 0.6 is 0 Å². The van der Waals surface area contributed by atoms with Crippen LogP contribution in [-0.4, -0.2) is 0 Å². The summed E-state index contributed by atoms with van der Waals surface area (Å²) in [5, 5.41) is 0. The van der Waals surface area contributed by atoms with E-state index in [4.69, 9.17) is 0 Å². The van der Waals surface area contributed by atoms with E-state index in [1.54, 1.807) is 0 Å². The molecule has 0 aliphatic carbocycles. The summed E-state index contributed by atoms with van der Waals surface area (Å²) in [4.78, 5) is 0. The molecule has 1 aromatic rings. The SMILES string of the molecule is CC.CCC.CCc1ccc(C)c(C)c1. The Bertz CT molecular complexity index is 236. The van der Waals surface area contributed by atoms with Gasteiger partial charge in [-0.2, -0.15) is 0 Å². The van der Waals surface area contributed by atoms with Crippen molar-refractivity contribution >= 4 is 0 Å². The zero-order chi connectivity index (χ0) is 12.3. The molecule has 0 atom stereocenters. The maximum Gasteiger partial charge on any atom is -0.0307 e. The topological polar surface area (TPSA) is 0 Å². The van der Waals surface area contributed by atoms with Crippen LogP contribution in [0.25, 0.3) is 0 Å². The summed E-state index contributed by atoms with van der Waals surface area (Å²) in [6.45, 7) is 14.7. The maximum atomic E-state index is 2.26. The van der Waals surface area contributed by atoms with Gasteiger partial charge in [0.1, 0.15) is 0 Å². The fourth-order valence-corrected chi connectivity index (χ4v) is 1.02. The molecule has 0 aliphatic heterocycles. The number of hydrogen-bond donors (Lipinski definition) is 0. The van der Waals surface area contributed by atoms with Crippen LogP contribution in [0.4, 0.5) is 0 Å². The van der Waals surface area contributed by atoms with Crippen molar-refractivity contribution in [2.75, 3.05) is 0 Å². The van der Waals surface area contributed by atoms with Gasteiger partial charge in [0, 0.05) is 0 Å². The van der Waals surface area contributed by atoms with Gasteiger partial charge in [0.15, 0.2) is 0 Å². The highest BCUT2D eigenvalue weighted by atomic mass is 14.0. The van der Waals surface area contributed by atoms with Crippen molar-refractivity contribution in [3.8, 4) is 0 Å². The van der Waals surface area contributed by atoms with E-state index in [0.717, 1.165) is 6.42 Å². The van der Waals surface area contributed by atoms with E-state index in [9.17, 15) is 0 Å². The van der Waals surface area contributed by atoms with E-state index in [1.807, 2.05) is 13.8 Å². The number of hydrogen-bond acceptors (Lipinski definition) is 0. The van der Waals surface area contributed by atoms with E-state index in [-0.39, 0.29) is 0 Å². The summed E-state index contributed by atoms with van der Waals surface area (Å²) >= 11 is 0. The van der Waals surface area contributed by atoms with Gasteiger partial charge in [-0.3, -0.25) is 0 Å². The smallest absolute Gasteiger partial charge is 0.0307 e. The van der Waals surface area contributed by atoms with E-state index in [0.29, 0.717) is 0 Å². The summed E-state index contributed by atoms with van der Waals surface area (Å²) < 4.78 is 0. The first-order valence-corrected chi connectivity index (χ1v) is 6.21. The lowest BCUT2D eigenvalue weighted by Gasteiger charge is -2.01. The van der Waals surface area contributed by atoms with Crippen LogP contribution in [0.5, 0.6) is 0 Å². The molecule has 0 saturated carbocycles. The Labute approximate surface area is 96.7 Å². The molecule has 1 rings (SSSR count). The van der Waals surface area contributed by atoms with Gasteiger partial charge in [0.05, 0.1) is 0 Å². The second-order valence-electron chi connectivity index (χ2n) is 3.48. The average Bonchev–Trinajstić information content (AvgIpc) is 2.26. The van der Waals surface area contributed by atoms with Crippen LogP contribution in [0.2, 0.25) is 0 Å². The summed E-state index contributed by atoms with van der Waals surface area (Å²) in [7, 11) is 0. The Morgan fingerprint density at radius 1 is 0.867 bits per heavy atom. The molecule has 0 aliphatic rings. The zero-order valence-corrected chi connectivity index (χ0v) is 11.6. The van der Waals surface area contributed by atoms with Gasteiger partial charge < -0.3 is 0 Å². The predicted octanol–water partition coefficient (Wildman–Crippen LogP) is 5.31. The van der Waals surface area contributed by atoms with Crippen LogP contribution in [0.1, 0.15) is 57.7 Å². The van der Waals surface area contributed by atoms with Crippen molar-refractivity contribution in [1.82, 2.24) is 0 Å². The van der Waals surface area contributed by atoms with E-state index < -0.39 is 0 Å². The Morgan fingerprint density at radius 2 is 1.33 bits per heavy atom. The molecule has 88 valence electrons. The molecule has 0 nitrogen and oxygen atoms in total.